The third-order valence-corrected chi connectivity index (χ3v) is 4.28. The lowest BCUT2D eigenvalue weighted by atomic mass is 10.4. The Balaban J connectivity index is 1.42. The Labute approximate surface area is 157 Å². The molecule has 0 radical (unpaired) electrons. The van der Waals surface area contributed by atoms with Gasteiger partial charge in [0.2, 0.25) is 0 Å². The summed E-state index contributed by atoms with van der Waals surface area (Å²) in [5.74, 6) is -1.24. The fourth-order valence-electron chi connectivity index (χ4n) is 2.07. The minimum absolute atomic E-state index is 0.0277. The van der Waals surface area contributed by atoms with Crippen molar-refractivity contribution in [1.29, 1.82) is 0 Å². The molecule has 2 aromatic heterocycles. The predicted molar refractivity (Wildman–Crippen MR) is 93.8 cm³/mol. The summed E-state index contributed by atoms with van der Waals surface area (Å²) < 4.78 is 5.27. The molecule has 0 bridgehead atoms. The van der Waals surface area contributed by atoms with Crippen molar-refractivity contribution in [1.82, 2.24) is 36.7 Å². The molecule has 1 aliphatic heterocycles. The molecule has 0 saturated carbocycles. The second-order valence-corrected chi connectivity index (χ2v) is 6.03. The SMILES string of the molecule is O=C(NNC(=O)c1cnccn1)NNC(=O)c1csc(N2CCOCC2)n1. The van der Waals surface area contributed by atoms with Gasteiger partial charge >= 0.3 is 6.03 Å². The standard InChI is InChI=1S/C14H16N8O4S/c23-11(9-7-15-1-2-16-9)18-20-13(25)21-19-12(24)10-8-27-14(17-10)22-3-5-26-6-4-22/h1-2,7-8H,3-6H2,(H,18,23)(H,19,24)(H2,20,21,25). The average molecular weight is 392 g/mol. The number of carbonyl (C=O) groups is 3. The fourth-order valence-corrected chi connectivity index (χ4v) is 2.93. The first-order valence-corrected chi connectivity index (χ1v) is 8.72. The summed E-state index contributed by atoms with van der Waals surface area (Å²) in [4.78, 5) is 49.2. The van der Waals surface area contributed by atoms with Crippen LogP contribution in [0, 0.1) is 0 Å². The molecule has 0 unspecified atom stereocenters. The molecule has 3 heterocycles. The van der Waals surface area contributed by atoms with Crippen LogP contribution in [-0.2, 0) is 4.74 Å². The van der Waals surface area contributed by atoms with Gasteiger partial charge < -0.3 is 9.64 Å². The maximum Gasteiger partial charge on any atom is 0.352 e. The van der Waals surface area contributed by atoms with Gasteiger partial charge in [0.25, 0.3) is 11.8 Å². The van der Waals surface area contributed by atoms with Crippen molar-refractivity contribution in [3.8, 4) is 0 Å². The number of urea groups is 1. The zero-order chi connectivity index (χ0) is 19.1. The summed E-state index contributed by atoms with van der Waals surface area (Å²) in [7, 11) is 0. The van der Waals surface area contributed by atoms with E-state index in [4.69, 9.17) is 4.74 Å². The molecule has 2 aromatic rings. The van der Waals surface area contributed by atoms with Crippen molar-refractivity contribution in [2.24, 2.45) is 0 Å². The van der Waals surface area contributed by atoms with E-state index in [1.165, 1.54) is 29.9 Å². The number of carbonyl (C=O) groups excluding carboxylic acids is 3. The zero-order valence-electron chi connectivity index (χ0n) is 14.0. The molecule has 142 valence electrons. The number of aromatic nitrogens is 3. The van der Waals surface area contributed by atoms with E-state index in [2.05, 4.69) is 36.7 Å². The van der Waals surface area contributed by atoms with Gasteiger partial charge in [0, 0.05) is 30.9 Å². The molecule has 4 N–H and O–H groups in total. The van der Waals surface area contributed by atoms with Crippen LogP contribution in [0.1, 0.15) is 21.0 Å². The van der Waals surface area contributed by atoms with Crippen molar-refractivity contribution in [3.63, 3.8) is 0 Å². The maximum absolute atomic E-state index is 12.0. The number of hydrazine groups is 2. The van der Waals surface area contributed by atoms with Crippen LogP contribution in [0.5, 0.6) is 0 Å². The first-order valence-electron chi connectivity index (χ1n) is 7.84. The summed E-state index contributed by atoms with van der Waals surface area (Å²) in [5, 5.41) is 2.30. The smallest absolute Gasteiger partial charge is 0.352 e. The molecule has 12 nitrogen and oxygen atoms in total. The molecule has 27 heavy (non-hydrogen) atoms. The van der Waals surface area contributed by atoms with Crippen molar-refractivity contribution >= 4 is 34.3 Å². The Hall–Kier alpha value is -3.32. The number of rotatable bonds is 3. The van der Waals surface area contributed by atoms with Crippen LogP contribution in [0.25, 0.3) is 0 Å². The summed E-state index contributed by atoms with van der Waals surface area (Å²) in [6.45, 7) is 2.65. The van der Waals surface area contributed by atoms with Crippen LogP contribution in [0.15, 0.2) is 24.0 Å². The van der Waals surface area contributed by atoms with Gasteiger partial charge in [0.1, 0.15) is 11.4 Å². The molecule has 1 aliphatic rings. The largest absolute Gasteiger partial charge is 0.378 e. The highest BCUT2D eigenvalue weighted by atomic mass is 32.1. The topological polar surface area (TPSA) is 150 Å². The van der Waals surface area contributed by atoms with E-state index in [0.29, 0.717) is 31.4 Å². The molecule has 13 heteroatoms. The molecular formula is C14H16N8O4S. The highest BCUT2D eigenvalue weighted by molar-refractivity contribution is 7.13. The molecule has 0 spiro atoms. The Morgan fingerprint density at radius 1 is 1.00 bits per heavy atom. The third kappa shape index (κ3) is 5.08. The van der Waals surface area contributed by atoms with Crippen molar-refractivity contribution < 1.29 is 19.1 Å². The number of morpholine rings is 1. The number of nitrogens with one attached hydrogen (secondary N) is 4. The third-order valence-electron chi connectivity index (χ3n) is 3.38. The highest BCUT2D eigenvalue weighted by Crippen LogP contribution is 2.21. The Morgan fingerprint density at radius 3 is 2.37 bits per heavy atom. The minimum atomic E-state index is -0.843. The number of thiazole rings is 1. The average Bonchev–Trinajstić information content (AvgIpc) is 3.22. The van der Waals surface area contributed by atoms with E-state index in [-0.39, 0.29) is 11.4 Å². The number of anilines is 1. The Kier molecular flexibility index (Phi) is 6.06. The summed E-state index contributed by atoms with van der Waals surface area (Å²) in [6.07, 6.45) is 3.99. The van der Waals surface area contributed by atoms with E-state index >= 15 is 0 Å². The maximum atomic E-state index is 12.0. The Bertz CT molecular complexity index is 808. The molecule has 0 atom stereocenters. The molecular weight excluding hydrogens is 376 g/mol. The molecule has 1 saturated heterocycles. The van der Waals surface area contributed by atoms with Gasteiger partial charge in [0.15, 0.2) is 5.13 Å². The summed E-state index contributed by atoms with van der Waals surface area (Å²) in [6, 6.07) is -0.843. The second-order valence-electron chi connectivity index (χ2n) is 5.19. The van der Waals surface area contributed by atoms with Crippen LogP contribution < -0.4 is 26.6 Å². The van der Waals surface area contributed by atoms with Crippen molar-refractivity contribution in [2.45, 2.75) is 0 Å². The fraction of sp³-hybridized carbons (Fsp3) is 0.286. The molecule has 0 aliphatic carbocycles. The van der Waals surface area contributed by atoms with E-state index in [9.17, 15) is 14.4 Å². The lowest BCUT2D eigenvalue weighted by Crippen LogP contribution is -2.52. The quantitative estimate of drug-likeness (QED) is 0.489. The van der Waals surface area contributed by atoms with E-state index in [1.54, 1.807) is 5.38 Å². The van der Waals surface area contributed by atoms with Crippen LogP contribution in [-0.4, -0.2) is 59.1 Å². The predicted octanol–water partition coefficient (Wildman–Crippen LogP) is -0.941. The van der Waals surface area contributed by atoms with Crippen LogP contribution in [0.3, 0.4) is 0 Å². The number of amides is 4. The lowest BCUT2D eigenvalue weighted by Gasteiger charge is -2.25. The first-order chi connectivity index (χ1) is 13.1. The normalized spacial score (nSPS) is 13.6. The van der Waals surface area contributed by atoms with Crippen LogP contribution in [0.2, 0.25) is 0 Å². The second kappa shape index (κ2) is 8.86. The molecule has 4 amide bonds. The lowest BCUT2D eigenvalue weighted by molar-refractivity contribution is 0.0924. The van der Waals surface area contributed by atoms with Gasteiger partial charge in [-0.25, -0.2) is 25.6 Å². The summed E-state index contributed by atoms with van der Waals surface area (Å²) >= 11 is 1.33. The first kappa shape index (κ1) is 18.5. The van der Waals surface area contributed by atoms with E-state index < -0.39 is 17.8 Å². The highest BCUT2D eigenvalue weighted by Gasteiger charge is 2.18. The number of hydrogen-bond donors (Lipinski definition) is 4. The van der Waals surface area contributed by atoms with Gasteiger partial charge in [-0.05, 0) is 0 Å². The van der Waals surface area contributed by atoms with Gasteiger partial charge in [0.05, 0.1) is 19.4 Å². The van der Waals surface area contributed by atoms with E-state index in [1.807, 2.05) is 4.90 Å². The van der Waals surface area contributed by atoms with Crippen LogP contribution in [0.4, 0.5) is 9.93 Å². The van der Waals surface area contributed by atoms with Gasteiger partial charge in [-0.2, -0.15) is 0 Å². The van der Waals surface area contributed by atoms with Crippen molar-refractivity contribution in [3.05, 3.63) is 35.4 Å². The van der Waals surface area contributed by atoms with E-state index in [0.717, 1.165) is 0 Å². The molecule has 1 fully saturated rings. The molecule has 3 rings (SSSR count). The number of hydrogen-bond acceptors (Lipinski definition) is 9. The number of ether oxygens (including phenoxy) is 1. The van der Waals surface area contributed by atoms with Gasteiger partial charge in [-0.3, -0.25) is 25.4 Å². The molecule has 0 aromatic carbocycles. The van der Waals surface area contributed by atoms with Crippen molar-refractivity contribution in [2.75, 3.05) is 31.2 Å². The summed E-state index contributed by atoms with van der Waals surface area (Å²) in [5.41, 5.74) is 8.70. The van der Waals surface area contributed by atoms with Gasteiger partial charge in [-0.1, -0.05) is 0 Å². The van der Waals surface area contributed by atoms with Gasteiger partial charge in [-0.15, -0.1) is 11.3 Å². The van der Waals surface area contributed by atoms with Crippen LogP contribution >= 0.6 is 11.3 Å². The zero-order valence-corrected chi connectivity index (χ0v) is 14.8. The number of nitrogens with zero attached hydrogens (tertiary/aromatic N) is 4. The Morgan fingerprint density at radius 2 is 1.70 bits per heavy atom. The monoisotopic (exact) mass is 392 g/mol. The minimum Gasteiger partial charge on any atom is -0.378 e.